The second-order valence-electron chi connectivity index (χ2n) is 2.31. The van der Waals surface area contributed by atoms with Gasteiger partial charge in [-0.2, -0.15) is 0 Å². The molecule has 0 aliphatic carbocycles. The zero-order chi connectivity index (χ0) is 9.40. The van der Waals surface area contributed by atoms with Crippen LogP contribution in [0.5, 0.6) is 0 Å². The molecule has 0 saturated carbocycles. The van der Waals surface area contributed by atoms with Gasteiger partial charge in [0.05, 0.1) is 0 Å². The number of hydrazine groups is 1. The van der Waals surface area contributed by atoms with Crippen LogP contribution in [-0.2, 0) is 4.74 Å². The molecule has 0 aromatic carbocycles. The first-order valence-corrected chi connectivity index (χ1v) is 4.10. The highest BCUT2D eigenvalue weighted by Crippen LogP contribution is 1.86. The first-order chi connectivity index (χ1) is 5.74. The van der Waals surface area contributed by atoms with Crippen LogP contribution in [-0.4, -0.2) is 37.2 Å². The van der Waals surface area contributed by atoms with Crippen LogP contribution in [0, 0.1) is 0 Å². The lowest BCUT2D eigenvalue weighted by atomic mass is 10.5. The van der Waals surface area contributed by atoms with E-state index in [0.29, 0.717) is 6.61 Å². The second kappa shape index (κ2) is 6.87. The van der Waals surface area contributed by atoms with Crippen molar-refractivity contribution in [2.24, 2.45) is 5.84 Å². The third-order valence-corrected chi connectivity index (χ3v) is 1.65. The average molecular weight is 175 g/mol. The maximum Gasteiger partial charge on any atom is 0.421 e. The predicted octanol–water partition coefficient (Wildman–Crippen LogP) is -0.0719. The Morgan fingerprint density at radius 3 is 2.50 bits per heavy atom. The van der Waals surface area contributed by atoms with Gasteiger partial charge in [-0.3, -0.25) is 5.43 Å². The molecule has 0 radical (unpaired) electrons. The van der Waals surface area contributed by atoms with E-state index in [1.54, 1.807) is 0 Å². The van der Waals surface area contributed by atoms with Crippen LogP contribution in [0.4, 0.5) is 4.79 Å². The Kier molecular flexibility index (Phi) is 6.41. The molecule has 72 valence electrons. The Labute approximate surface area is 72.8 Å². The molecule has 0 atom stereocenters. The van der Waals surface area contributed by atoms with Crippen LogP contribution in [0.1, 0.15) is 13.8 Å². The van der Waals surface area contributed by atoms with Crippen LogP contribution in [0.15, 0.2) is 0 Å². The molecule has 0 fully saturated rings. The molecule has 0 unspecified atom stereocenters. The summed E-state index contributed by atoms with van der Waals surface area (Å²) in [6.45, 7) is 7.18. The van der Waals surface area contributed by atoms with E-state index >= 15 is 0 Å². The van der Waals surface area contributed by atoms with E-state index in [0.717, 1.165) is 19.6 Å². The summed E-state index contributed by atoms with van der Waals surface area (Å²) in [6.07, 6.45) is -0.581. The first kappa shape index (κ1) is 11.2. The van der Waals surface area contributed by atoms with Crippen molar-refractivity contribution in [2.75, 3.05) is 26.2 Å². The first-order valence-electron chi connectivity index (χ1n) is 4.10. The zero-order valence-corrected chi connectivity index (χ0v) is 7.67. The molecule has 0 aromatic rings. The lowest BCUT2D eigenvalue weighted by molar-refractivity contribution is 0.129. The fourth-order valence-corrected chi connectivity index (χ4v) is 0.849. The molecule has 0 rings (SSSR count). The van der Waals surface area contributed by atoms with Crippen LogP contribution in [0.25, 0.3) is 0 Å². The van der Waals surface area contributed by atoms with E-state index in [9.17, 15) is 4.79 Å². The third kappa shape index (κ3) is 4.92. The van der Waals surface area contributed by atoms with E-state index in [1.165, 1.54) is 0 Å². The largest absolute Gasteiger partial charge is 0.447 e. The number of carbonyl (C=O) groups excluding carboxylic acids is 1. The minimum absolute atomic E-state index is 0.380. The topological polar surface area (TPSA) is 67.6 Å². The Morgan fingerprint density at radius 1 is 1.50 bits per heavy atom. The van der Waals surface area contributed by atoms with Gasteiger partial charge in [0.25, 0.3) is 0 Å². The van der Waals surface area contributed by atoms with Crippen molar-refractivity contribution in [3.63, 3.8) is 0 Å². The maximum atomic E-state index is 10.5. The highest BCUT2D eigenvalue weighted by atomic mass is 16.6. The standard InChI is InChI=1S/C7H17N3O2/c1-3-10(4-2)5-6-12-7(11)9-8/h3-6,8H2,1-2H3,(H,9,11). The Bertz CT molecular complexity index is 126. The zero-order valence-electron chi connectivity index (χ0n) is 7.67. The lowest BCUT2D eigenvalue weighted by Crippen LogP contribution is -2.34. The summed E-state index contributed by atoms with van der Waals surface area (Å²) >= 11 is 0. The number of ether oxygens (including phenoxy) is 1. The van der Waals surface area contributed by atoms with Gasteiger partial charge in [-0.05, 0) is 13.1 Å². The van der Waals surface area contributed by atoms with Crippen LogP contribution >= 0.6 is 0 Å². The Hall–Kier alpha value is -0.810. The van der Waals surface area contributed by atoms with Crippen molar-refractivity contribution in [3.8, 4) is 0 Å². The van der Waals surface area contributed by atoms with E-state index in [4.69, 9.17) is 10.6 Å². The van der Waals surface area contributed by atoms with Gasteiger partial charge in [-0.15, -0.1) is 0 Å². The number of rotatable bonds is 5. The summed E-state index contributed by atoms with van der Waals surface area (Å²) in [5.74, 6) is 4.82. The number of carbonyl (C=O) groups is 1. The van der Waals surface area contributed by atoms with Gasteiger partial charge in [0.1, 0.15) is 6.61 Å². The SMILES string of the molecule is CCN(CC)CCOC(=O)NN. The number of amides is 1. The molecule has 12 heavy (non-hydrogen) atoms. The molecule has 0 aliphatic heterocycles. The molecule has 0 bridgehead atoms. The van der Waals surface area contributed by atoms with Gasteiger partial charge >= 0.3 is 6.09 Å². The van der Waals surface area contributed by atoms with Crippen molar-refractivity contribution in [3.05, 3.63) is 0 Å². The minimum atomic E-state index is -0.581. The second-order valence-corrected chi connectivity index (χ2v) is 2.31. The molecule has 0 aromatic heterocycles. The summed E-state index contributed by atoms with van der Waals surface area (Å²) in [6, 6.07) is 0. The van der Waals surface area contributed by atoms with Crippen LogP contribution < -0.4 is 11.3 Å². The van der Waals surface area contributed by atoms with Gasteiger partial charge < -0.3 is 9.64 Å². The smallest absolute Gasteiger partial charge is 0.421 e. The molecule has 5 heteroatoms. The lowest BCUT2D eigenvalue weighted by Gasteiger charge is -2.17. The number of nitrogens with zero attached hydrogens (tertiary/aromatic N) is 1. The normalized spacial score (nSPS) is 10.0. The van der Waals surface area contributed by atoms with Gasteiger partial charge in [-0.1, -0.05) is 13.8 Å². The number of likely N-dealkylation sites (N-methyl/N-ethyl adjacent to an activating group) is 1. The Morgan fingerprint density at radius 2 is 2.08 bits per heavy atom. The molecule has 0 aliphatic rings. The van der Waals surface area contributed by atoms with Crippen molar-refractivity contribution < 1.29 is 9.53 Å². The molecular weight excluding hydrogens is 158 g/mol. The number of nitrogens with two attached hydrogens (primary N) is 1. The Balaban J connectivity index is 3.34. The molecule has 0 saturated heterocycles. The van der Waals surface area contributed by atoms with E-state index in [2.05, 4.69) is 18.7 Å². The van der Waals surface area contributed by atoms with Gasteiger partial charge in [0.15, 0.2) is 0 Å². The number of hydrogen-bond donors (Lipinski definition) is 2. The summed E-state index contributed by atoms with van der Waals surface area (Å²) < 4.78 is 4.71. The van der Waals surface area contributed by atoms with Crippen LogP contribution in [0.2, 0.25) is 0 Å². The van der Waals surface area contributed by atoms with Crippen molar-refractivity contribution in [2.45, 2.75) is 13.8 Å². The molecule has 0 spiro atoms. The van der Waals surface area contributed by atoms with Crippen molar-refractivity contribution in [1.29, 1.82) is 0 Å². The van der Waals surface area contributed by atoms with Crippen molar-refractivity contribution >= 4 is 6.09 Å². The molecule has 0 heterocycles. The highest BCUT2D eigenvalue weighted by molar-refractivity contribution is 5.66. The van der Waals surface area contributed by atoms with Crippen molar-refractivity contribution in [1.82, 2.24) is 10.3 Å². The highest BCUT2D eigenvalue weighted by Gasteiger charge is 2.01. The molecule has 1 amide bonds. The summed E-state index contributed by atoms with van der Waals surface area (Å²) in [5, 5.41) is 0. The summed E-state index contributed by atoms with van der Waals surface area (Å²) in [5.41, 5.74) is 1.90. The quantitative estimate of drug-likeness (QED) is 0.348. The van der Waals surface area contributed by atoms with Gasteiger partial charge in [0, 0.05) is 6.54 Å². The maximum absolute atomic E-state index is 10.5. The summed E-state index contributed by atoms with van der Waals surface area (Å²) in [4.78, 5) is 12.6. The predicted molar refractivity (Wildman–Crippen MR) is 46.5 cm³/mol. The fraction of sp³-hybridized carbons (Fsp3) is 0.857. The van der Waals surface area contributed by atoms with E-state index in [1.807, 2.05) is 5.43 Å². The molecular formula is C7H17N3O2. The van der Waals surface area contributed by atoms with E-state index < -0.39 is 6.09 Å². The average Bonchev–Trinajstić information content (AvgIpc) is 2.12. The monoisotopic (exact) mass is 175 g/mol. The minimum Gasteiger partial charge on any atom is -0.447 e. The van der Waals surface area contributed by atoms with Gasteiger partial charge in [-0.25, -0.2) is 10.6 Å². The third-order valence-electron chi connectivity index (χ3n) is 1.65. The summed E-state index contributed by atoms with van der Waals surface area (Å²) in [7, 11) is 0. The van der Waals surface area contributed by atoms with Gasteiger partial charge in [0.2, 0.25) is 0 Å². The molecule has 3 N–H and O–H groups in total. The molecule has 5 nitrogen and oxygen atoms in total. The van der Waals surface area contributed by atoms with Crippen LogP contribution in [0.3, 0.4) is 0 Å². The fourth-order valence-electron chi connectivity index (χ4n) is 0.849. The number of hydrogen-bond acceptors (Lipinski definition) is 4. The van der Waals surface area contributed by atoms with E-state index in [-0.39, 0.29) is 0 Å². The number of nitrogens with one attached hydrogen (secondary N) is 1.